The highest BCUT2D eigenvalue weighted by Crippen LogP contribution is 2.42. The molecular weight excluding hydrogens is 997 g/mol. The molecule has 0 saturated carbocycles. The maximum atomic E-state index is 12.6. The van der Waals surface area contributed by atoms with Gasteiger partial charge < -0.3 is 80.0 Å². The summed E-state index contributed by atoms with van der Waals surface area (Å²) in [4.78, 5) is 50.3. The van der Waals surface area contributed by atoms with Crippen LogP contribution in [-0.2, 0) is 33.3 Å². The maximum Gasteiger partial charge on any atom is 0.336 e. The molecular formula is C54H72N2O18S. The van der Waals surface area contributed by atoms with Crippen LogP contribution in [0.25, 0.3) is 33.4 Å². The number of carboxylic acids is 1. The standard InChI is InChI=1S/C54H72N2O18S/c55-25-15-11-7-3-6-10-14-18-44(60)70-30-41-47(62)49(64)51(66)54(73-41)74-53-50(65)48(63)46(61)40(72-53)29-69-43(59)17-13-9-5-2-1-4-8-12-16-42(75)56-31-19-22-34(37(26-31)52(67)68)45-35-23-20-32(57)27-38(35)71-39-28-33(58)21-24-36(39)45/h19-24,26-28,40-41,46-51,53-54,57,61-66H,1-18,25,29-30,55H2,(H,56,75)(H,67,68)/t40?,41?,46-,47-,48+,49?,50?,51-,53-,54-/m1/s1. The van der Waals surface area contributed by atoms with Crippen LogP contribution in [0.15, 0.2) is 63.8 Å². The monoisotopic (exact) mass is 1070 g/mol. The van der Waals surface area contributed by atoms with Crippen molar-refractivity contribution in [2.45, 2.75) is 177 Å². The van der Waals surface area contributed by atoms with Crippen molar-refractivity contribution in [2.75, 3.05) is 25.1 Å². The van der Waals surface area contributed by atoms with Gasteiger partial charge in [-0.05, 0) is 80.6 Å². The van der Waals surface area contributed by atoms with Crippen LogP contribution in [0.2, 0.25) is 0 Å². The molecule has 20 nitrogen and oxygen atoms in total. The molecule has 412 valence electrons. The van der Waals surface area contributed by atoms with Crippen LogP contribution in [0.3, 0.4) is 0 Å². The number of aromatic hydroxyl groups is 1. The summed E-state index contributed by atoms with van der Waals surface area (Å²) in [5.74, 6) is -2.05. The number of benzene rings is 3. The Balaban J connectivity index is 0.849. The third-order valence-corrected chi connectivity index (χ3v) is 13.8. The van der Waals surface area contributed by atoms with Crippen molar-refractivity contribution in [1.82, 2.24) is 0 Å². The fourth-order valence-corrected chi connectivity index (χ4v) is 9.53. The van der Waals surface area contributed by atoms with E-state index in [9.17, 15) is 60.0 Å². The Bertz CT molecular complexity index is 2520. The van der Waals surface area contributed by atoms with E-state index in [-0.39, 0.29) is 35.3 Å². The Hall–Kier alpha value is -5.17. The van der Waals surface area contributed by atoms with E-state index in [1.54, 1.807) is 24.3 Å². The first kappa shape index (κ1) is 59.1. The Morgan fingerprint density at radius 2 is 1.11 bits per heavy atom. The smallest absolute Gasteiger partial charge is 0.336 e. The minimum atomic E-state index is -1.86. The number of unbranched alkanes of at least 4 members (excludes halogenated alkanes) is 13. The lowest BCUT2D eigenvalue weighted by atomic mass is 9.90. The second kappa shape index (κ2) is 29.4. The molecule has 75 heavy (non-hydrogen) atoms. The Morgan fingerprint density at radius 1 is 0.600 bits per heavy atom. The zero-order chi connectivity index (χ0) is 54.0. The number of phenols is 1. The van der Waals surface area contributed by atoms with Gasteiger partial charge in [-0.25, -0.2) is 4.79 Å². The van der Waals surface area contributed by atoms with Crippen molar-refractivity contribution < 1.29 is 83.3 Å². The van der Waals surface area contributed by atoms with Gasteiger partial charge in [0.05, 0.1) is 10.6 Å². The van der Waals surface area contributed by atoms with Gasteiger partial charge in [-0.1, -0.05) is 88.9 Å². The number of ether oxygens (including phenoxy) is 5. The SMILES string of the molecule is NCCCCCCCCCC(=O)OCC1O[C@H](O[C@H]2OC(COC(=O)CCCCCCCCCCC(=S)Nc3ccc(-c4c5ccc(=O)cc-5oc5cc(O)ccc45)c(C(=O)O)c3)[C@@H](O)[C@H](O)C2O)[C@H](O)C(O)[C@@H]1O. The van der Waals surface area contributed by atoms with Gasteiger partial charge in [0.15, 0.2) is 18.0 Å². The Labute approximate surface area is 440 Å². The largest absolute Gasteiger partial charge is 0.508 e. The molecule has 2 aromatic rings. The van der Waals surface area contributed by atoms with Gasteiger partial charge in [0.2, 0.25) is 0 Å². The van der Waals surface area contributed by atoms with E-state index in [4.69, 9.17) is 46.1 Å². The zero-order valence-corrected chi connectivity index (χ0v) is 42.8. The van der Waals surface area contributed by atoms with Gasteiger partial charge in [-0.2, -0.15) is 0 Å². The van der Waals surface area contributed by atoms with Crippen LogP contribution in [0, 0.1) is 0 Å². The van der Waals surface area contributed by atoms with Crippen molar-refractivity contribution >= 4 is 51.8 Å². The number of aliphatic hydroxyl groups excluding tert-OH is 6. The lowest BCUT2D eigenvalue weighted by Gasteiger charge is -2.44. The number of carbonyl (C=O) groups excluding carboxylic acids is 2. The highest BCUT2D eigenvalue weighted by atomic mass is 32.1. The molecule has 11 N–H and O–H groups in total. The summed E-state index contributed by atoms with van der Waals surface area (Å²) in [6.07, 6.45) is -2.59. The van der Waals surface area contributed by atoms with E-state index in [0.717, 1.165) is 83.5 Å². The van der Waals surface area contributed by atoms with E-state index in [2.05, 4.69) is 5.32 Å². The molecule has 2 fully saturated rings. The van der Waals surface area contributed by atoms with Gasteiger partial charge in [0.25, 0.3) is 0 Å². The molecule has 6 rings (SSSR count). The maximum absolute atomic E-state index is 12.6. The van der Waals surface area contributed by atoms with Gasteiger partial charge in [-0.3, -0.25) is 14.4 Å². The quantitative estimate of drug-likeness (QED) is 0.0141. The molecule has 0 radical (unpaired) electrons. The number of carboxylic acid groups (broad SMARTS) is 1. The molecule has 21 heteroatoms. The number of hydrogen-bond donors (Lipinski definition) is 10. The summed E-state index contributed by atoms with van der Waals surface area (Å²) < 4.78 is 33.3. The van der Waals surface area contributed by atoms with Crippen LogP contribution in [-0.4, -0.2) is 145 Å². The summed E-state index contributed by atoms with van der Waals surface area (Å²) in [5.41, 5.74) is 7.55. The van der Waals surface area contributed by atoms with Crippen LogP contribution >= 0.6 is 12.2 Å². The predicted molar refractivity (Wildman–Crippen MR) is 278 cm³/mol. The Morgan fingerprint density at radius 3 is 1.64 bits per heavy atom. The summed E-state index contributed by atoms with van der Waals surface area (Å²) in [7, 11) is 0. The second-order valence-corrected chi connectivity index (χ2v) is 19.8. The minimum Gasteiger partial charge on any atom is -0.508 e. The number of thiocarbonyl (C=S) groups is 1. The van der Waals surface area contributed by atoms with Crippen molar-refractivity contribution in [2.24, 2.45) is 5.73 Å². The van der Waals surface area contributed by atoms with Crippen molar-refractivity contribution in [3.8, 4) is 28.2 Å². The molecule has 3 heterocycles. The van der Waals surface area contributed by atoms with Crippen molar-refractivity contribution in [1.29, 1.82) is 0 Å². The fraction of sp³-hybridized carbons (Fsp3) is 0.574. The lowest BCUT2D eigenvalue weighted by molar-refractivity contribution is -0.376. The number of carbonyl (C=O) groups is 3. The van der Waals surface area contributed by atoms with E-state index < -0.39 is 92.5 Å². The number of hydrogen-bond acceptors (Lipinski definition) is 19. The molecule has 0 aromatic heterocycles. The number of aromatic carboxylic acids is 1. The number of aliphatic hydroxyl groups is 6. The number of nitrogens with two attached hydrogens (primary N) is 1. The number of nitrogens with one attached hydrogen (secondary N) is 1. The number of phenolic OH excluding ortho intramolecular Hbond substituents is 1. The molecule has 0 spiro atoms. The molecule has 4 unspecified atom stereocenters. The molecule has 3 aliphatic heterocycles. The summed E-state index contributed by atoms with van der Waals surface area (Å²) >= 11 is 5.60. The van der Waals surface area contributed by atoms with Crippen LogP contribution < -0.4 is 16.5 Å². The van der Waals surface area contributed by atoms with Crippen LogP contribution in [0.5, 0.6) is 5.75 Å². The zero-order valence-electron chi connectivity index (χ0n) is 42.0. The molecule has 10 atom stereocenters. The summed E-state index contributed by atoms with van der Waals surface area (Å²) in [6, 6.07) is 13.8. The van der Waals surface area contributed by atoms with Gasteiger partial charge in [-0.15, -0.1) is 0 Å². The third-order valence-electron chi connectivity index (χ3n) is 13.5. The van der Waals surface area contributed by atoms with Crippen LogP contribution in [0.4, 0.5) is 5.69 Å². The number of anilines is 1. The van der Waals surface area contributed by atoms with E-state index >= 15 is 0 Å². The van der Waals surface area contributed by atoms with Crippen molar-refractivity contribution in [3.63, 3.8) is 0 Å². The molecule has 0 bridgehead atoms. The van der Waals surface area contributed by atoms with E-state index in [1.807, 2.05) is 0 Å². The van der Waals surface area contributed by atoms with Gasteiger partial charge in [0, 0.05) is 47.2 Å². The topological polar surface area (TPSA) is 327 Å². The first-order valence-corrected chi connectivity index (χ1v) is 26.4. The molecule has 1 aliphatic carbocycles. The van der Waals surface area contributed by atoms with Gasteiger partial charge in [0.1, 0.15) is 79.1 Å². The predicted octanol–water partition coefficient (Wildman–Crippen LogP) is 5.41. The van der Waals surface area contributed by atoms with E-state index in [1.165, 1.54) is 30.3 Å². The number of esters is 2. The number of rotatable bonds is 29. The second-order valence-electron chi connectivity index (χ2n) is 19.3. The highest BCUT2D eigenvalue weighted by Gasteiger charge is 2.50. The van der Waals surface area contributed by atoms with Crippen LogP contribution in [0.1, 0.15) is 126 Å². The third kappa shape index (κ3) is 16.9. The number of fused-ring (bicyclic) bond motifs is 2. The average Bonchev–Trinajstić information content (AvgIpc) is 3.39. The highest BCUT2D eigenvalue weighted by molar-refractivity contribution is 7.80. The molecule has 2 saturated heterocycles. The Kier molecular flexibility index (Phi) is 23.1. The minimum absolute atomic E-state index is 0.0134. The average molecular weight is 1070 g/mol. The normalized spacial score (nSPS) is 23.8. The fourth-order valence-electron chi connectivity index (χ4n) is 9.26. The lowest BCUT2D eigenvalue weighted by Crippen LogP contribution is -2.64. The molecule has 4 aliphatic rings. The van der Waals surface area contributed by atoms with E-state index in [0.29, 0.717) is 64.1 Å². The van der Waals surface area contributed by atoms with Gasteiger partial charge >= 0.3 is 17.9 Å². The first-order valence-electron chi connectivity index (χ1n) is 26.0. The van der Waals surface area contributed by atoms with Crippen molar-refractivity contribution in [3.05, 3.63) is 70.4 Å². The summed E-state index contributed by atoms with van der Waals surface area (Å²) in [6.45, 7) is -0.300. The molecule has 0 amide bonds. The summed E-state index contributed by atoms with van der Waals surface area (Å²) in [5, 5.41) is 87.7. The molecule has 2 aromatic carbocycles. The first-order chi connectivity index (χ1) is 36.1.